The lowest BCUT2D eigenvalue weighted by molar-refractivity contribution is -0.138. The first-order valence-corrected chi connectivity index (χ1v) is 7.47. The molecule has 0 aliphatic carbocycles. The van der Waals surface area contributed by atoms with Crippen LogP contribution in [0.2, 0.25) is 0 Å². The van der Waals surface area contributed by atoms with Crippen molar-refractivity contribution in [1.82, 2.24) is 10.2 Å². The number of carboxylic acid groups (broad SMARTS) is 1. The summed E-state index contributed by atoms with van der Waals surface area (Å²) in [6.45, 7) is 4.05. The molecule has 0 spiro atoms. The van der Waals surface area contributed by atoms with E-state index in [1.54, 1.807) is 0 Å². The highest BCUT2D eigenvalue weighted by Crippen LogP contribution is 2.34. The Balaban J connectivity index is 3.46. The summed E-state index contributed by atoms with van der Waals surface area (Å²) >= 11 is 0. The number of aliphatic hydroxyl groups excluding tert-OH is 1. The molecule has 0 fully saturated rings. The van der Waals surface area contributed by atoms with Gasteiger partial charge in [0.25, 0.3) is 0 Å². The average molecular weight is 362 g/mol. The molecule has 1 rings (SSSR count). The molecule has 2 amide bonds. The first kappa shape index (κ1) is 20.8. The van der Waals surface area contributed by atoms with Gasteiger partial charge in [-0.25, -0.2) is 4.79 Å². The molecule has 6 nitrogen and oxygen atoms in total. The molecule has 1 aromatic carbocycles. The summed E-state index contributed by atoms with van der Waals surface area (Å²) in [5.41, 5.74) is -2.15. The highest BCUT2D eigenvalue weighted by Gasteiger charge is 2.39. The van der Waals surface area contributed by atoms with E-state index in [1.807, 2.05) is 0 Å². The molecule has 3 N–H and O–H groups in total. The van der Waals surface area contributed by atoms with Crippen LogP contribution in [0.4, 0.5) is 18.0 Å². The maximum atomic E-state index is 13.0. The summed E-state index contributed by atoms with van der Waals surface area (Å²) in [5.74, 6) is -0.814. The number of carbonyl (C=O) groups is 2. The number of alkyl halides is 3. The van der Waals surface area contributed by atoms with Crippen molar-refractivity contribution in [3.8, 4) is 0 Å². The quantitative estimate of drug-likeness (QED) is 0.751. The van der Waals surface area contributed by atoms with Crippen LogP contribution in [-0.2, 0) is 11.0 Å². The molecule has 0 aromatic heterocycles. The van der Waals surface area contributed by atoms with Gasteiger partial charge in [-0.05, 0) is 38.5 Å². The van der Waals surface area contributed by atoms with Gasteiger partial charge in [0.1, 0.15) is 6.04 Å². The molecule has 9 heteroatoms. The Hall–Kier alpha value is -2.29. The van der Waals surface area contributed by atoms with Gasteiger partial charge in [-0.2, -0.15) is 13.2 Å². The summed E-state index contributed by atoms with van der Waals surface area (Å²) in [6.07, 6.45) is -6.08. The van der Waals surface area contributed by atoms with Gasteiger partial charge < -0.3 is 15.5 Å². The monoisotopic (exact) mass is 362 g/mol. The van der Waals surface area contributed by atoms with Crippen molar-refractivity contribution in [2.45, 2.75) is 38.5 Å². The van der Waals surface area contributed by atoms with Gasteiger partial charge in [-0.1, -0.05) is 12.1 Å². The summed E-state index contributed by atoms with van der Waals surface area (Å²) in [5, 5.41) is 20.7. The Bertz CT molecular complexity index is 627. The van der Waals surface area contributed by atoms with E-state index in [0.717, 1.165) is 23.1 Å². The molecule has 0 heterocycles. The zero-order chi connectivity index (χ0) is 19.4. The van der Waals surface area contributed by atoms with Crippen LogP contribution in [-0.4, -0.2) is 45.8 Å². The molecule has 0 radical (unpaired) electrons. The maximum Gasteiger partial charge on any atom is 0.416 e. The topological polar surface area (TPSA) is 89.9 Å². The van der Waals surface area contributed by atoms with E-state index in [0.29, 0.717) is 0 Å². The number of rotatable bonds is 5. The van der Waals surface area contributed by atoms with Crippen LogP contribution in [0.3, 0.4) is 0 Å². The molecule has 0 aliphatic heterocycles. The van der Waals surface area contributed by atoms with E-state index in [-0.39, 0.29) is 18.7 Å². The Morgan fingerprint density at radius 1 is 1.24 bits per heavy atom. The van der Waals surface area contributed by atoms with Crippen LogP contribution in [0.1, 0.15) is 37.9 Å². The summed E-state index contributed by atoms with van der Waals surface area (Å²) in [6, 6.07) is 2.48. The van der Waals surface area contributed by atoms with E-state index >= 15 is 0 Å². The van der Waals surface area contributed by atoms with Crippen molar-refractivity contribution in [1.29, 1.82) is 0 Å². The average Bonchev–Trinajstić information content (AvgIpc) is 2.47. The van der Waals surface area contributed by atoms with E-state index in [9.17, 15) is 27.9 Å². The Labute approximate surface area is 143 Å². The smallest absolute Gasteiger partial charge is 0.416 e. The highest BCUT2D eigenvalue weighted by molar-refractivity contribution is 5.87. The van der Waals surface area contributed by atoms with Crippen molar-refractivity contribution >= 4 is 12.0 Å². The summed E-state index contributed by atoms with van der Waals surface area (Å²) in [4.78, 5) is 24.9. The number of carbonyl (C=O) groups excluding carboxylic acids is 1. The zero-order valence-electron chi connectivity index (χ0n) is 14.1. The number of nitrogens with zero attached hydrogens (tertiary/aromatic N) is 1. The van der Waals surface area contributed by atoms with Crippen LogP contribution in [0, 0.1) is 0 Å². The fourth-order valence-electron chi connectivity index (χ4n) is 2.36. The third-order valence-electron chi connectivity index (χ3n) is 3.38. The van der Waals surface area contributed by atoms with Crippen LogP contribution in [0.15, 0.2) is 24.3 Å². The maximum absolute atomic E-state index is 13.0. The van der Waals surface area contributed by atoms with Gasteiger partial charge >= 0.3 is 12.3 Å². The van der Waals surface area contributed by atoms with Crippen molar-refractivity contribution in [2.24, 2.45) is 0 Å². The van der Waals surface area contributed by atoms with Crippen molar-refractivity contribution in [3.05, 3.63) is 35.4 Å². The summed E-state index contributed by atoms with van der Waals surface area (Å²) in [7, 11) is 0. The fourth-order valence-corrected chi connectivity index (χ4v) is 2.36. The van der Waals surface area contributed by atoms with Crippen molar-refractivity contribution in [2.75, 3.05) is 13.2 Å². The van der Waals surface area contributed by atoms with Gasteiger partial charge in [0, 0.05) is 12.1 Å². The van der Waals surface area contributed by atoms with E-state index in [1.165, 1.54) is 26.8 Å². The number of nitrogens with one attached hydrogen (secondary N) is 1. The van der Waals surface area contributed by atoms with Gasteiger partial charge in [0.05, 0.1) is 12.2 Å². The lowest BCUT2D eigenvalue weighted by atomic mass is 9.96. The second kappa shape index (κ2) is 7.73. The second-order valence-corrected chi connectivity index (χ2v) is 6.36. The highest BCUT2D eigenvalue weighted by atomic mass is 19.4. The van der Waals surface area contributed by atoms with Gasteiger partial charge in [-0.3, -0.25) is 9.69 Å². The Kier molecular flexibility index (Phi) is 6.42. The summed E-state index contributed by atoms with van der Waals surface area (Å²) < 4.78 is 38.9. The van der Waals surface area contributed by atoms with Crippen LogP contribution >= 0.6 is 0 Å². The number of amides is 2. The number of aliphatic hydroxyl groups is 1. The molecular weight excluding hydrogens is 341 g/mol. The van der Waals surface area contributed by atoms with Gasteiger partial charge in [0.15, 0.2) is 0 Å². The van der Waals surface area contributed by atoms with Crippen molar-refractivity contribution < 1.29 is 33.0 Å². The third kappa shape index (κ3) is 5.35. The molecule has 25 heavy (non-hydrogen) atoms. The minimum absolute atomic E-state index is 0.109. The molecule has 140 valence electrons. The number of halogens is 3. The third-order valence-corrected chi connectivity index (χ3v) is 3.38. The number of hydrogen-bond donors (Lipinski definition) is 3. The molecule has 0 bridgehead atoms. The normalized spacial score (nSPS) is 13.2. The predicted molar refractivity (Wildman–Crippen MR) is 83.9 cm³/mol. The molecule has 1 unspecified atom stereocenters. The minimum Gasteiger partial charge on any atom is -0.465 e. The predicted octanol–water partition coefficient (Wildman–Crippen LogP) is 2.63. The molecule has 1 atom stereocenters. The number of hydrogen-bond acceptors (Lipinski definition) is 3. The Morgan fingerprint density at radius 3 is 2.28 bits per heavy atom. The molecule has 0 saturated heterocycles. The van der Waals surface area contributed by atoms with Crippen LogP contribution < -0.4 is 5.32 Å². The SMILES string of the molecule is CC(C)(C)N(C(=O)O)C(C(=O)NCCO)c1cccc(C(F)(F)F)c1. The van der Waals surface area contributed by atoms with Crippen LogP contribution in [0.25, 0.3) is 0 Å². The van der Waals surface area contributed by atoms with Gasteiger partial charge in [0.2, 0.25) is 5.91 Å². The lowest BCUT2D eigenvalue weighted by Crippen LogP contribution is -2.52. The van der Waals surface area contributed by atoms with E-state index < -0.39 is 35.3 Å². The first-order valence-electron chi connectivity index (χ1n) is 7.47. The van der Waals surface area contributed by atoms with E-state index in [4.69, 9.17) is 5.11 Å². The minimum atomic E-state index is -4.63. The molecular formula is C16H21F3N2O4. The van der Waals surface area contributed by atoms with Crippen molar-refractivity contribution in [3.63, 3.8) is 0 Å². The van der Waals surface area contributed by atoms with Gasteiger partial charge in [-0.15, -0.1) is 0 Å². The lowest BCUT2D eigenvalue weighted by Gasteiger charge is -2.39. The molecule has 1 aromatic rings. The number of benzene rings is 1. The Morgan fingerprint density at radius 2 is 1.84 bits per heavy atom. The standard InChI is InChI=1S/C16H21F3N2O4/c1-15(2,3)21(14(24)25)12(13(23)20-7-8-22)10-5-4-6-11(9-10)16(17,18)19/h4-6,9,12,22H,7-8H2,1-3H3,(H,20,23)(H,24,25). The fraction of sp³-hybridized carbons (Fsp3) is 0.500. The van der Waals surface area contributed by atoms with Crippen LogP contribution in [0.5, 0.6) is 0 Å². The van der Waals surface area contributed by atoms with E-state index in [2.05, 4.69) is 5.32 Å². The second-order valence-electron chi connectivity index (χ2n) is 6.36. The first-order chi connectivity index (χ1) is 11.4. The molecule has 0 saturated carbocycles. The largest absolute Gasteiger partial charge is 0.465 e. The molecule has 0 aliphatic rings. The zero-order valence-corrected chi connectivity index (χ0v) is 14.1.